The van der Waals surface area contributed by atoms with E-state index in [0.717, 1.165) is 39.3 Å². The molecule has 6 aromatic rings. The number of hydrogen-bond donors (Lipinski definition) is 2. The van der Waals surface area contributed by atoms with Gasteiger partial charge in [0.05, 0.1) is 13.1 Å². The molecule has 0 bridgehead atoms. The normalized spacial score (nSPS) is 11.4. The fourth-order valence-electron chi connectivity index (χ4n) is 9.10. The zero-order chi connectivity index (χ0) is 45.7. The fourth-order valence-corrected chi connectivity index (χ4v) is 9.10. The molecule has 0 saturated carbocycles. The van der Waals surface area contributed by atoms with Crippen LogP contribution in [0.25, 0.3) is 33.4 Å². The predicted octanol–water partition coefficient (Wildman–Crippen LogP) is 9.53. The number of aryl methyl sites for hydroxylation is 4. The molecular formula is C58H84N8+6. The summed E-state index contributed by atoms with van der Waals surface area (Å²) < 4.78 is 13.6. The highest BCUT2D eigenvalue weighted by molar-refractivity contribution is 5.62. The molecule has 0 aromatic carbocycles. The summed E-state index contributed by atoms with van der Waals surface area (Å²) in [6.07, 6.45) is 53.2. The van der Waals surface area contributed by atoms with Gasteiger partial charge in [-0.25, -0.2) is 27.4 Å². The van der Waals surface area contributed by atoms with Gasteiger partial charge in [-0.1, -0.05) is 77.0 Å². The summed E-state index contributed by atoms with van der Waals surface area (Å²) in [6.45, 7) is 7.48. The fraction of sp³-hybridized carbons (Fsp3) is 0.483. The lowest BCUT2D eigenvalue weighted by Gasteiger charge is -2.04. The maximum atomic E-state index is 5.67. The zero-order valence-electron chi connectivity index (χ0n) is 40.5. The number of rotatable bonds is 33. The molecule has 8 heteroatoms. The Bertz CT molecular complexity index is 1990. The van der Waals surface area contributed by atoms with Crippen LogP contribution in [0.2, 0.25) is 0 Å². The highest BCUT2D eigenvalue weighted by Crippen LogP contribution is 2.19. The Labute approximate surface area is 398 Å². The summed E-state index contributed by atoms with van der Waals surface area (Å²) in [5.74, 6) is 0. The first-order valence-corrected chi connectivity index (χ1v) is 26.0. The van der Waals surface area contributed by atoms with Crippen LogP contribution in [0, 0.1) is 0 Å². The standard InChI is InChI=1S/C58H84N8/c59-33-51-65-47-29-57(30-48-65)55-25-43-63(44-26-55)37-19-15-11-7-3-1-5-9-13-17-35-61-39-21-53(22-40-61)54-23-41-62(42-24-54)36-18-14-10-6-2-4-8-12-16-20-38-64-45-27-56(28-46-64)58-31-49-66(50-32-58)52-34-60/h21-32,39-50H,1-20,33-38,51-52,59-60H2/q+6. The number of hydrogen-bond acceptors (Lipinski definition) is 2. The maximum absolute atomic E-state index is 5.67. The van der Waals surface area contributed by atoms with Crippen LogP contribution in [0.1, 0.15) is 128 Å². The Morgan fingerprint density at radius 1 is 0.197 bits per heavy atom. The Kier molecular flexibility index (Phi) is 23.0. The van der Waals surface area contributed by atoms with Gasteiger partial charge >= 0.3 is 0 Å². The van der Waals surface area contributed by atoms with Gasteiger partial charge < -0.3 is 11.5 Å². The highest BCUT2D eigenvalue weighted by atomic mass is 15.0. The summed E-state index contributed by atoms with van der Waals surface area (Å²) in [5.41, 5.74) is 19.0. The van der Waals surface area contributed by atoms with Gasteiger partial charge in [-0.2, -0.15) is 0 Å². The van der Waals surface area contributed by atoms with Crippen molar-refractivity contribution in [3.8, 4) is 33.4 Å². The molecule has 0 amide bonds. The number of unbranched alkanes of at least 4 members (excludes halogenated alkanes) is 18. The second kappa shape index (κ2) is 30.2. The maximum Gasteiger partial charge on any atom is 0.169 e. The quantitative estimate of drug-likeness (QED) is 0.0319. The van der Waals surface area contributed by atoms with E-state index in [2.05, 4.69) is 175 Å². The molecule has 6 aromatic heterocycles. The molecule has 4 N–H and O–H groups in total. The molecule has 0 saturated heterocycles. The van der Waals surface area contributed by atoms with Crippen molar-refractivity contribution in [2.75, 3.05) is 13.1 Å². The van der Waals surface area contributed by atoms with Gasteiger partial charge in [0.25, 0.3) is 0 Å². The summed E-state index contributed by atoms with van der Waals surface area (Å²) in [4.78, 5) is 0. The number of nitrogens with zero attached hydrogens (tertiary/aromatic N) is 6. The summed E-state index contributed by atoms with van der Waals surface area (Å²) >= 11 is 0. The predicted molar refractivity (Wildman–Crippen MR) is 267 cm³/mol. The van der Waals surface area contributed by atoms with Crippen LogP contribution >= 0.6 is 0 Å². The van der Waals surface area contributed by atoms with E-state index in [1.807, 2.05) is 0 Å². The first-order chi connectivity index (χ1) is 32.7. The van der Waals surface area contributed by atoms with Gasteiger partial charge in [-0.15, -0.1) is 0 Å². The first-order valence-electron chi connectivity index (χ1n) is 26.0. The summed E-state index contributed by atoms with van der Waals surface area (Å²) in [6, 6.07) is 26.7. The van der Waals surface area contributed by atoms with Crippen molar-refractivity contribution in [2.45, 2.75) is 168 Å². The van der Waals surface area contributed by atoms with Crippen LogP contribution in [-0.4, -0.2) is 13.1 Å². The Morgan fingerprint density at radius 2 is 0.333 bits per heavy atom. The topological polar surface area (TPSA) is 75.3 Å². The zero-order valence-corrected chi connectivity index (χ0v) is 40.5. The van der Waals surface area contributed by atoms with Gasteiger partial charge in [0, 0.05) is 98.5 Å². The monoisotopic (exact) mass is 893 g/mol. The summed E-state index contributed by atoms with van der Waals surface area (Å²) in [5, 5.41) is 0. The summed E-state index contributed by atoms with van der Waals surface area (Å²) in [7, 11) is 0. The van der Waals surface area contributed by atoms with E-state index in [-0.39, 0.29) is 0 Å². The smallest absolute Gasteiger partial charge is 0.169 e. The average molecular weight is 893 g/mol. The van der Waals surface area contributed by atoms with E-state index in [4.69, 9.17) is 11.5 Å². The SMILES string of the molecule is NCC[n+]1ccc(-c2cc[n+](CCCCCCCCCCCC[n+]3ccc(-c4cc[n+](CCCCCCCCCCCC[n+]5ccc(-c6cc[n+](CCN)cc6)cc5)cc4)cc3)cc2)cc1. The third-order valence-electron chi connectivity index (χ3n) is 13.3. The van der Waals surface area contributed by atoms with Crippen molar-refractivity contribution in [3.05, 3.63) is 147 Å². The molecule has 66 heavy (non-hydrogen) atoms. The molecule has 0 radical (unpaired) electrons. The van der Waals surface area contributed by atoms with Crippen LogP contribution in [-0.2, 0) is 39.3 Å². The second-order valence-electron chi connectivity index (χ2n) is 18.6. The number of nitrogens with two attached hydrogens (primary N) is 2. The van der Waals surface area contributed by atoms with Crippen LogP contribution < -0.4 is 38.9 Å². The minimum absolute atomic E-state index is 0.665. The van der Waals surface area contributed by atoms with Crippen LogP contribution in [0.5, 0.6) is 0 Å². The number of pyridine rings is 6. The van der Waals surface area contributed by atoms with Crippen molar-refractivity contribution >= 4 is 0 Å². The third kappa shape index (κ3) is 18.6. The molecule has 0 fully saturated rings. The van der Waals surface area contributed by atoms with Gasteiger partial charge in [-0.3, -0.25) is 0 Å². The van der Waals surface area contributed by atoms with Crippen LogP contribution in [0.3, 0.4) is 0 Å². The van der Waals surface area contributed by atoms with Gasteiger partial charge in [0.2, 0.25) is 0 Å². The lowest BCUT2D eigenvalue weighted by Crippen LogP contribution is -2.36. The molecule has 8 nitrogen and oxygen atoms in total. The minimum atomic E-state index is 0.665. The van der Waals surface area contributed by atoms with Gasteiger partial charge in [0.1, 0.15) is 26.2 Å². The minimum Gasteiger partial charge on any atom is -0.325 e. The van der Waals surface area contributed by atoms with E-state index >= 15 is 0 Å². The molecule has 6 rings (SSSR count). The Hall–Kier alpha value is -5.18. The van der Waals surface area contributed by atoms with Gasteiger partial charge in [-0.05, 0) is 59.1 Å². The van der Waals surface area contributed by atoms with Crippen molar-refractivity contribution in [1.82, 2.24) is 0 Å². The molecular weight excluding hydrogens is 809 g/mol. The molecule has 0 unspecified atom stereocenters. The molecule has 0 spiro atoms. The van der Waals surface area contributed by atoms with E-state index in [0.29, 0.717) is 13.1 Å². The molecule has 0 atom stereocenters. The lowest BCUT2D eigenvalue weighted by molar-refractivity contribution is -0.697. The molecule has 350 valence electrons. The van der Waals surface area contributed by atoms with E-state index < -0.39 is 0 Å². The largest absolute Gasteiger partial charge is 0.325 e. The molecule has 0 aliphatic rings. The van der Waals surface area contributed by atoms with E-state index in [9.17, 15) is 0 Å². The van der Waals surface area contributed by atoms with Crippen molar-refractivity contribution in [1.29, 1.82) is 0 Å². The molecule has 6 heterocycles. The molecule has 0 aliphatic heterocycles. The van der Waals surface area contributed by atoms with Crippen molar-refractivity contribution in [3.63, 3.8) is 0 Å². The average Bonchev–Trinajstić information content (AvgIpc) is 3.36. The highest BCUT2D eigenvalue weighted by Gasteiger charge is 2.09. The molecule has 0 aliphatic carbocycles. The van der Waals surface area contributed by atoms with Crippen molar-refractivity contribution < 1.29 is 27.4 Å². The van der Waals surface area contributed by atoms with Crippen LogP contribution in [0.4, 0.5) is 0 Å². The van der Waals surface area contributed by atoms with Crippen molar-refractivity contribution in [2.24, 2.45) is 11.5 Å². The second-order valence-corrected chi connectivity index (χ2v) is 18.6. The van der Waals surface area contributed by atoms with Crippen LogP contribution in [0.15, 0.2) is 147 Å². The van der Waals surface area contributed by atoms with E-state index in [1.165, 1.54) is 162 Å². The Balaban J connectivity index is 0.702. The van der Waals surface area contributed by atoms with Gasteiger partial charge in [0.15, 0.2) is 87.5 Å². The first kappa shape index (κ1) is 50.2. The Morgan fingerprint density at radius 3 is 0.485 bits per heavy atom. The number of aromatic nitrogens is 6. The van der Waals surface area contributed by atoms with E-state index in [1.54, 1.807) is 0 Å². The third-order valence-corrected chi connectivity index (χ3v) is 13.3. The lowest BCUT2D eigenvalue weighted by atomic mass is 10.1.